The molecule has 15 heavy (non-hydrogen) atoms. The van der Waals surface area contributed by atoms with Crippen LogP contribution in [0.1, 0.15) is 18.9 Å². The van der Waals surface area contributed by atoms with Crippen LogP contribution in [0, 0.1) is 6.92 Å². The van der Waals surface area contributed by atoms with E-state index in [1.165, 1.54) is 11.3 Å². The van der Waals surface area contributed by atoms with Crippen molar-refractivity contribution in [1.82, 2.24) is 0 Å². The van der Waals surface area contributed by atoms with Gasteiger partial charge in [-0.25, -0.2) is 0 Å². The zero-order valence-corrected chi connectivity index (χ0v) is 11.1. The maximum absolute atomic E-state index is 5.16. The lowest BCUT2D eigenvalue weighted by molar-refractivity contribution is 0.184. The molecule has 0 amide bonds. The number of aryl methyl sites for hydroxylation is 1. The van der Waals surface area contributed by atoms with E-state index in [-0.39, 0.29) is 0 Å². The molecule has 1 N–H and O–H groups in total. The van der Waals surface area contributed by atoms with Crippen molar-refractivity contribution in [3.63, 3.8) is 0 Å². The monoisotopic (exact) mass is 271 g/mol. The first-order valence-corrected chi connectivity index (χ1v) is 5.98. The van der Waals surface area contributed by atoms with Crippen LogP contribution < -0.4 is 5.32 Å². The predicted octanol–water partition coefficient (Wildman–Crippen LogP) is 3.59. The molecule has 0 aliphatic rings. The van der Waals surface area contributed by atoms with Gasteiger partial charge in [0.25, 0.3) is 0 Å². The van der Waals surface area contributed by atoms with E-state index in [2.05, 4.69) is 53.3 Å². The van der Waals surface area contributed by atoms with E-state index in [1.54, 1.807) is 7.11 Å². The van der Waals surface area contributed by atoms with Crippen molar-refractivity contribution in [2.45, 2.75) is 26.3 Å². The number of nitrogens with one attached hydrogen (secondary N) is 1. The van der Waals surface area contributed by atoms with Gasteiger partial charge in [-0.2, -0.15) is 0 Å². The lowest BCUT2D eigenvalue weighted by atomic mass is 10.1. The minimum atomic E-state index is 0.378. The Balaban J connectivity index is 2.73. The first-order chi connectivity index (χ1) is 7.17. The van der Waals surface area contributed by atoms with Crippen molar-refractivity contribution < 1.29 is 4.74 Å². The van der Waals surface area contributed by atoms with Crippen LogP contribution in [0.5, 0.6) is 0 Å². The third kappa shape index (κ3) is 3.84. The van der Waals surface area contributed by atoms with Crippen molar-refractivity contribution in [1.29, 1.82) is 0 Å². The van der Waals surface area contributed by atoms with E-state index < -0.39 is 0 Å². The summed E-state index contributed by atoms with van der Waals surface area (Å²) in [5.41, 5.74) is 2.43. The molecule has 0 aromatic heterocycles. The molecule has 1 rings (SSSR count). The number of rotatable bonds is 5. The average molecular weight is 272 g/mol. The largest absolute Gasteiger partial charge is 0.383 e. The van der Waals surface area contributed by atoms with Crippen LogP contribution in [0.25, 0.3) is 0 Å². The molecule has 0 aliphatic heterocycles. The fourth-order valence-electron chi connectivity index (χ4n) is 1.43. The molecule has 0 bridgehead atoms. The Hall–Kier alpha value is -0.540. The van der Waals surface area contributed by atoms with Gasteiger partial charge < -0.3 is 10.1 Å². The summed E-state index contributed by atoms with van der Waals surface area (Å²) in [5, 5.41) is 3.48. The Kier molecular flexibility index (Phi) is 5.12. The molecule has 0 saturated heterocycles. The van der Waals surface area contributed by atoms with Gasteiger partial charge in [0.15, 0.2) is 0 Å². The van der Waals surface area contributed by atoms with E-state index in [9.17, 15) is 0 Å². The number of anilines is 1. The normalized spacial score (nSPS) is 12.5. The summed E-state index contributed by atoms with van der Waals surface area (Å²) >= 11 is 3.48. The van der Waals surface area contributed by atoms with Gasteiger partial charge in [0.2, 0.25) is 0 Å². The second kappa shape index (κ2) is 6.13. The number of hydrogen-bond donors (Lipinski definition) is 1. The second-order valence-electron chi connectivity index (χ2n) is 3.66. The van der Waals surface area contributed by atoms with Crippen molar-refractivity contribution in [3.8, 4) is 0 Å². The van der Waals surface area contributed by atoms with Gasteiger partial charge in [-0.15, -0.1) is 0 Å². The molecule has 2 nitrogen and oxygen atoms in total. The first kappa shape index (κ1) is 12.5. The predicted molar refractivity (Wildman–Crippen MR) is 68.5 cm³/mol. The Morgan fingerprint density at radius 3 is 2.80 bits per heavy atom. The second-order valence-corrected chi connectivity index (χ2v) is 4.58. The molecule has 1 atom stereocenters. The summed E-state index contributed by atoms with van der Waals surface area (Å²) in [7, 11) is 1.73. The zero-order valence-electron chi connectivity index (χ0n) is 9.51. The van der Waals surface area contributed by atoms with Gasteiger partial charge in [-0.05, 0) is 31.0 Å². The lowest BCUT2D eigenvalue weighted by Crippen LogP contribution is -2.24. The number of benzene rings is 1. The van der Waals surface area contributed by atoms with Gasteiger partial charge in [-0.3, -0.25) is 0 Å². The highest BCUT2D eigenvalue weighted by molar-refractivity contribution is 9.10. The molecule has 0 radical (unpaired) electrons. The van der Waals surface area contributed by atoms with Crippen molar-refractivity contribution in [2.24, 2.45) is 0 Å². The summed E-state index contributed by atoms with van der Waals surface area (Å²) in [5.74, 6) is 0. The Bertz CT molecular complexity index is 314. The zero-order chi connectivity index (χ0) is 11.3. The molecule has 1 aromatic carbocycles. The number of methoxy groups -OCH3 is 1. The van der Waals surface area contributed by atoms with Crippen molar-refractivity contribution >= 4 is 21.6 Å². The van der Waals surface area contributed by atoms with Crippen LogP contribution in [0.15, 0.2) is 22.7 Å². The number of ether oxygens (including phenoxy) is 1. The smallest absolute Gasteiger partial charge is 0.0663 e. The average Bonchev–Trinajstić information content (AvgIpc) is 2.22. The van der Waals surface area contributed by atoms with Crippen LogP contribution in [-0.2, 0) is 4.74 Å². The van der Waals surface area contributed by atoms with Crippen LogP contribution in [0.3, 0.4) is 0 Å². The topological polar surface area (TPSA) is 21.3 Å². The quantitative estimate of drug-likeness (QED) is 0.884. The van der Waals surface area contributed by atoms with Gasteiger partial charge in [0.05, 0.1) is 6.61 Å². The minimum absolute atomic E-state index is 0.378. The number of hydrogen-bond acceptors (Lipinski definition) is 2. The van der Waals surface area contributed by atoms with Gasteiger partial charge in [0.1, 0.15) is 0 Å². The Labute approximate surface area is 100 Å². The van der Waals surface area contributed by atoms with Crippen molar-refractivity contribution in [2.75, 3.05) is 19.0 Å². The van der Waals surface area contributed by atoms with Crippen molar-refractivity contribution in [3.05, 3.63) is 28.2 Å². The summed E-state index contributed by atoms with van der Waals surface area (Å²) in [4.78, 5) is 0. The van der Waals surface area contributed by atoms with Crippen LogP contribution in [-0.4, -0.2) is 19.8 Å². The van der Waals surface area contributed by atoms with E-state index in [0.29, 0.717) is 6.04 Å². The maximum atomic E-state index is 5.16. The van der Waals surface area contributed by atoms with Gasteiger partial charge >= 0.3 is 0 Å². The molecule has 1 aromatic rings. The summed E-state index contributed by atoms with van der Waals surface area (Å²) < 4.78 is 6.26. The van der Waals surface area contributed by atoms with E-state index in [1.807, 2.05) is 0 Å². The van der Waals surface area contributed by atoms with E-state index in [0.717, 1.165) is 17.5 Å². The molecule has 0 fully saturated rings. The Morgan fingerprint density at radius 1 is 1.47 bits per heavy atom. The highest BCUT2D eigenvalue weighted by Gasteiger charge is 2.07. The molecule has 0 heterocycles. The third-order valence-corrected chi connectivity index (χ3v) is 2.91. The Morgan fingerprint density at radius 2 is 2.20 bits per heavy atom. The molecule has 84 valence electrons. The molecule has 0 aliphatic carbocycles. The highest BCUT2D eigenvalue weighted by atomic mass is 79.9. The first-order valence-electron chi connectivity index (χ1n) is 5.19. The summed E-state index contributed by atoms with van der Waals surface area (Å²) in [6.07, 6.45) is 1.06. The molecule has 0 saturated carbocycles. The van der Waals surface area contributed by atoms with Crippen LogP contribution in [0.4, 0.5) is 5.69 Å². The molecule has 1 unspecified atom stereocenters. The molecular weight excluding hydrogens is 254 g/mol. The fourth-order valence-corrected chi connectivity index (χ4v) is 1.79. The minimum Gasteiger partial charge on any atom is -0.383 e. The van der Waals surface area contributed by atoms with E-state index in [4.69, 9.17) is 4.74 Å². The standard InChI is InChI=1S/C12H18BrNO/c1-4-11(8-15-3)14-12-7-10(13)6-5-9(12)2/h5-7,11,14H,4,8H2,1-3H3. The van der Waals surface area contributed by atoms with Gasteiger partial charge in [0, 0.05) is 23.3 Å². The fraction of sp³-hybridized carbons (Fsp3) is 0.500. The highest BCUT2D eigenvalue weighted by Crippen LogP contribution is 2.21. The lowest BCUT2D eigenvalue weighted by Gasteiger charge is -2.19. The molecule has 0 spiro atoms. The van der Waals surface area contributed by atoms with Crippen LogP contribution in [0.2, 0.25) is 0 Å². The third-order valence-electron chi connectivity index (χ3n) is 2.42. The maximum Gasteiger partial charge on any atom is 0.0663 e. The summed E-state index contributed by atoms with van der Waals surface area (Å²) in [6.45, 7) is 5.00. The molecular formula is C12H18BrNO. The van der Waals surface area contributed by atoms with Crippen LogP contribution >= 0.6 is 15.9 Å². The van der Waals surface area contributed by atoms with E-state index >= 15 is 0 Å². The summed E-state index contributed by atoms with van der Waals surface area (Å²) in [6, 6.07) is 6.64. The SMILES string of the molecule is CCC(COC)Nc1cc(Br)ccc1C. The number of halogens is 1. The van der Waals surface area contributed by atoms with Gasteiger partial charge in [-0.1, -0.05) is 28.9 Å². The molecule has 3 heteroatoms.